The molecule has 0 aliphatic rings. The van der Waals surface area contributed by atoms with Gasteiger partial charge in [-0.1, -0.05) is 43.9 Å². The molecule has 0 unspecified atom stereocenters. The van der Waals surface area contributed by atoms with Gasteiger partial charge in [-0.3, -0.25) is 15.0 Å². The van der Waals surface area contributed by atoms with Crippen LogP contribution >= 0.6 is 0 Å². The Bertz CT molecular complexity index is 865. The average molecular weight is 391 g/mol. The van der Waals surface area contributed by atoms with Gasteiger partial charge < -0.3 is 5.32 Å². The highest BCUT2D eigenvalue weighted by molar-refractivity contribution is 6.10. The van der Waals surface area contributed by atoms with Crippen LogP contribution < -0.4 is 5.32 Å². The van der Waals surface area contributed by atoms with Crippen LogP contribution in [0.3, 0.4) is 0 Å². The molecule has 0 fully saturated rings. The van der Waals surface area contributed by atoms with E-state index in [4.69, 9.17) is 4.99 Å². The van der Waals surface area contributed by atoms with Crippen molar-refractivity contribution in [2.45, 2.75) is 34.1 Å². The molecule has 0 radical (unpaired) electrons. The molecule has 29 heavy (non-hydrogen) atoms. The Morgan fingerprint density at radius 3 is 2.34 bits per heavy atom. The van der Waals surface area contributed by atoms with Gasteiger partial charge in [0.15, 0.2) is 0 Å². The Labute approximate surface area is 176 Å². The summed E-state index contributed by atoms with van der Waals surface area (Å²) in [7, 11) is 3.55. The van der Waals surface area contributed by atoms with Crippen LogP contribution in [-0.4, -0.2) is 38.8 Å². The van der Waals surface area contributed by atoms with E-state index in [1.54, 1.807) is 14.1 Å². The van der Waals surface area contributed by atoms with Crippen molar-refractivity contribution in [3.05, 3.63) is 77.2 Å². The van der Waals surface area contributed by atoms with Crippen molar-refractivity contribution in [2.24, 2.45) is 15.0 Å². The van der Waals surface area contributed by atoms with Gasteiger partial charge in [0, 0.05) is 56.3 Å². The number of nitrogens with zero attached hydrogens (tertiary/aromatic N) is 3. The maximum atomic E-state index is 4.75. The highest BCUT2D eigenvalue weighted by Gasteiger charge is 2.07. The standard InChI is InChI=1S/C25H34N4/c1-8-14-28-20(5)25(22(10-3)17-27-7)18-29-19(4)23-12-11-13-24(15-23)21(9-2)16-26-6/h9-13,15-18,28H,5,8,14H2,1-4,6-7H3/b21-9+,22-10+,25-18+,26-16?,27-17?,29-19?. The van der Waals surface area contributed by atoms with E-state index < -0.39 is 0 Å². The fraction of sp³-hybridized carbons (Fsp3) is 0.320. The van der Waals surface area contributed by atoms with Crippen LogP contribution in [0.4, 0.5) is 0 Å². The maximum absolute atomic E-state index is 4.75. The quantitative estimate of drug-likeness (QED) is 0.408. The molecule has 0 aromatic heterocycles. The maximum Gasteiger partial charge on any atom is 0.0445 e. The second-order valence-electron chi connectivity index (χ2n) is 6.51. The molecule has 0 aliphatic heterocycles. The van der Waals surface area contributed by atoms with E-state index in [2.05, 4.69) is 53.1 Å². The van der Waals surface area contributed by atoms with Gasteiger partial charge in [0.2, 0.25) is 0 Å². The summed E-state index contributed by atoms with van der Waals surface area (Å²) in [5, 5.41) is 3.36. The Balaban J connectivity index is 3.32. The Kier molecular flexibility index (Phi) is 10.9. The zero-order valence-corrected chi connectivity index (χ0v) is 18.7. The molecule has 0 spiro atoms. The van der Waals surface area contributed by atoms with Crippen LogP contribution in [-0.2, 0) is 0 Å². The smallest absolute Gasteiger partial charge is 0.0445 e. The van der Waals surface area contributed by atoms with E-state index in [1.807, 2.05) is 51.5 Å². The monoisotopic (exact) mass is 390 g/mol. The molecule has 0 bridgehead atoms. The van der Waals surface area contributed by atoms with E-state index in [0.717, 1.165) is 52.2 Å². The van der Waals surface area contributed by atoms with Crippen molar-refractivity contribution >= 4 is 23.7 Å². The summed E-state index contributed by atoms with van der Waals surface area (Å²) in [6, 6.07) is 8.34. The molecule has 4 heteroatoms. The van der Waals surface area contributed by atoms with Crippen LogP contribution in [0.25, 0.3) is 5.57 Å². The van der Waals surface area contributed by atoms with Gasteiger partial charge >= 0.3 is 0 Å². The number of benzene rings is 1. The summed E-state index contributed by atoms with van der Waals surface area (Å²) in [4.78, 5) is 13.0. The van der Waals surface area contributed by atoms with Gasteiger partial charge in [-0.05, 0) is 55.5 Å². The Morgan fingerprint density at radius 1 is 1.07 bits per heavy atom. The molecule has 0 heterocycles. The first kappa shape index (κ1) is 24.0. The highest BCUT2D eigenvalue weighted by Crippen LogP contribution is 2.18. The van der Waals surface area contributed by atoms with Gasteiger partial charge in [-0.2, -0.15) is 0 Å². The van der Waals surface area contributed by atoms with Crippen LogP contribution in [0.15, 0.2) is 81.0 Å². The van der Waals surface area contributed by atoms with Gasteiger partial charge in [-0.15, -0.1) is 0 Å². The van der Waals surface area contributed by atoms with Crippen molar-refractivity contribution in [3.8, 4) is 0 Å². The molecule has 4 nitrogen and oxygen atoms in total. The number of rotatable bonds is 10. The first-order valence-electron chi connectivity index (χ1n) is 9.98. The van der Waals surface area contributed by atoms with Crippen LogP contribution in [0.5, 0.6) is 0 Å². The summed E-state index contributed by atoms with van der Waals surface area (Å²) >= 11 is 0. The summed E-state index contributed by atoms with van der Waals surface area (Å²) < 4.78 is 0. The topological polar surface area (TPSA) is 49.1 Å². The zero-order valence-electron chi connectivity index (χ0n) is 18.7. The van der Waals surface area contributed by atoms with Crippen molar-refractivity contribution in [2.75, 3.05) is 20.6 Å². The molecule has 0 amide bonds. The molecule has 1 rings (SSSR count). The van der Waals surface area contributed by atoms with Crippen molar-refractivity contribution in [1.82, 2.24) is 5.32 Å². The van der Waals surface area contributed by atoms with Gasteiger partial charge in [0.1, 0.15) is 0 Å². The van der Waals surface area contributed by atoms with Crippen molar-refractivity contribution in [1.29, 1.82) is 0 Å². The minimum absolute atomic E-state index is 0.848. The van der Waals surface area contributed by atoms with Gasteiger partial charge in [0.25, 0.3) is 0 Å². The molecular formula is C25H34N4. The Morgan fingerprint density at radius 2 is 1.76 bits per heavy atom. The lowest BCUT2D eigenvalue weighted by molar-refractivity contribution is 0.780. The fourth-order valence-electron chi connectivity index (χ4n) is 2.75. The molecule has 0 atom stereocenters. The lowest BCUT2D eigenvalue weighted by Gasteiger charge is -2.13. The number of aliphatic imine (C=N–C) groups is 3. The van der Waals surface area contributed by atoms with Crippen LogP contribution in [0.2, 0.25) is 0 Å². The molecule has 154 valence electrons. The predicted octanol–water partition coefficient (Wildman–Crippen LogP) is 5.64. The molecule has 1 aromatic carbocycles. The Hall–Kier alpha value is -3.01. The average Bonchev–Trinajstić information content (AvgIpc) is 2.75. The SMILES string of the molecule is C=C(NCCC)C(=C\N=C(C)c1cccc(/C(C=NC)=C/C)c1)/C(C=NC)=C/C. The van der Waals surface area contributed by atoms with Crippen LogP contribution in [0, 0.1) is 0 Å². The number of allylic oxidation sites excluding steroid dienone is 4. The fourth-order valence-corrected chi connectivity index (χ4v) is 2.75. The van der Waals surface area contributed by atoms with Crippen molar-refractivity contribution in [3.63, 3.8) is 0 Å². The number of hydrogen-bond acceptors (Lipinski definition) is 4. The predicted molar refractivity (Wildman–Crippen MR) is 130 cm³/mol. The highest BCUT2D eigenvalue weighted by atomic mass is 14.9. The molecular weight excluding hydrogens is 356 g/mol. The lowest BCUT2D eigenvalue weighted by Crippen LogP contribution is -2.16. The zero-order chi connectivity index (χ0) is 21.6. The first-order valence-corrected chi connectivity index (χ1v) is 9.98. The third kappa shape index (κ3) is 7.49. The number of hydrogen-bond donors (Lipinski definition) is 1. The van der Waals surface area contributed by atoms with E-state index in [9.17, 15) is 0 Å². The van der Waals surface area contributed by atoms with E-state index in [1.165, 1.54) is 0 Å². The summed E-state index contributed by atoms with van der Waals surface area (Å²) in [6.45, 7) is 13.2. The van der Waals surface area contributed by atoms with Crippen LogP contribution in [0.1, 0.15) is 45.2 Å². The molecule has 0 saturated carbocycles. The second-order valence-corrected chi connectivity index (χ2v) is 6.51. The summed E-state index contributed by atoms with van der Waals surface area (Å²) in [5.41, 5.74) is 6.98. The van der Waals surface area contributed by atoms with E-state index in [0.29, 0.717) is 0 Å². The summed E-state index contributed by atoms with van der Waals surface area (Å²) in [6.07, 6.45) is 10.7. The molecule has 1 N–H and O–H groups in total. The van der Waals surface area contributed by atoms with Crippen molar-refractivity contribution < 1.29 is 0 Å². The number of nitrogens with one attached hydrogen (secondary N) is 1. The van der Waals surface area contributed by atoms with E-state index >= 15 is 0 Å². The van der Waals surface area contributed by atoms with E-state index in [-0.39, 0.29) is 0 Å². The largest absolute Gasteiger partial charge is 0.385 e. The van der Waals surface area contributed by atoms with Gasteiger partial charge in [-0.25, -0.2) is 0 Å². The lowest BCUT2D eigenvalue weighted by atomic mass is 10.0. The minimum atomic E-state index is 0.848. The molecule has 0 aliphatic carbocycles. The first-order chi connectivity index (χ1) is 14.0. The summed E-state index contributed by atoms with van der Waals surface area (Å²) in [5.74, 6) is 0. The molecule has 1 aromatic rings. The van der Waals surface area contributed by atoms with Gasteiger partial charge in [0.05, 0.1) is 0 Å². The second kappa shape index (κ2) is 13.2. The molecule has 0 saturated heterocycles. The third-order valence-corrected chi connectivity index (χ3v) is 4.38. The third-order valence-electron chi connectivity index (χ3n) is 4.38. The normalized spacial score (nSPS) is 14.1. The minimum Gasteiger partial charge on any atom is -0.385 e.